The zero-order chi connectivity index (χ0) is 10.8. The molecule has 2 rings (SSSR count). The Labute approximate surface area is 91.1 Å². The molecule has 0 unspecified atom stereocenters. The summed E-state index contributed by atoms with van der Waals surface area (Å²) in [6.07, 6.45) is 0. The van der Waals surface area contributed by atoms with E-state index in [0.29, 0.717) is 22.8 Å². The molecule has 0 radical (unpaired) electrons. The minimum Gasteiger partial charge on any atom is -0.325 e. The molecule has 15 heavy (non-hydrogen) atoms. The van der Waals surface area contributed by atoms with Gasteiger partial charge in [0.1, 0.15) is 5.82 Å². The van der Waals surface area contributed by atoms with Crippen LogP contribution in [0.25, 0.3) is 11.3 Å². The molecule has 0 saturated heterocycles. The summed E-state index contributed by atoms with van der Waals surface area (Å²) in [5.74, 6) is -0.391. The molecule has 0 aliphatic rings. The number of rotatable bonds is 2. The van der Waals surface area contributed by atoms with E-state index < -0.39 is 5.82 Å². The van der Waals surface area contributed by atoms with Crippen molar-refractivity contribution < 1.29 is 4.39 Å². The van der Waals surface area contributed by atoms with Gasteiger partial charge in [-0.3, -0.25) is 5.10 Å². The Kier molecular flexibility index (Phi) is 2.70. The van der Waals surface area contributed by atoms with Crippen molar-refractivity contribution in [3.63, 3.8) is 0 Å². The first kappa shape index (κ1) is 10.1. The van der Waals surface area contributed by atoms with E-state index in [0.717, 1.165) is 5.69 Å². The molecule has 1 heterocycles. The summed E-state index contributed by atoms with van der Waals surface area (Å²) >= 11 is 5.65. The number of aromatic amines is 1. The molecule has 3 nitrogen and oxygen atoms in total. The fourth-order valence-corrected chi connectivity index (χ4v) is 1.46. The van der Waals surface area contributed by atoms with E-state index in [1.807, 2.05) is 0 Å². The summed E-state index contributed by atoms with van der Waals surface area (Å²) in [7, 11) is 0. The molecule has 0 fully saturated rings. The zero-order valence-corrected chi connectivity index (χ0v) is 8.55. The van der Waals surface area contributed by atoms with Crippen LogP contribution in [0.3, 0.4) is 0 Å². The lowest BCUT2D eigenvalue weighted by Crippen LogP contribution is -1.95. The molecule has 78 valence electrons. The van der Waals surface area contributed by atoms with Crippen molar-refractivity contribution >= 4 is 11.6 Å². The maximum absolute atomic E-state index is 13.5. The predicted octanol–water partition coefficient (Wildman–Crippen LogP) is 2.33. The Morgan fingerprint density at radius 2 is 2.20 bits per heavy atom. The lowest BCUT2D eigenvalue weighted by Gasteiger charge is -1.98. The first-order valence-corrected chi connectivity index (χ1v) is 4.78. The average molecular weight is 226 g/mol. The smallest absolute Gasteiger partial charge is 0.134 e. The Morgan fingerprint density at radius 3 is 2.80 bits per heavy atom. The molecule has 0 aliphatic carbocycles. The monoisotopic (exact) mass is 225 g/mol. The Balaban J connectivity index is 2.44. The van der Waals surface area contributed by atoms with Crippen LogP contribution in [0.2, 0.25) is 5.02 Å². The summed E-state index contributed by atoms with van der Waals surface area (Å²) in [5, 5.41) is 7.05. The van der Waals surface area contributed by atoms with Crippen molar-refractivity contribution in [1.29, 1.82) is 0 Å². The summed E-state index contributed by atoms with van der Waals surface area (Å²) < 4.78 is 13.5. The van der Waals surface area contributed by atoms with Crippen molar-refractivity contribution in [2.45, 2.75) is 6.54 Å². The van der Waals surface area contributed by atoms with Crippen LogP contribution in [0.15, 0.2) is 24.3 Å². The molecule has 0 bridgehead atoms. The maximum Gasteiger partial charge on any atom is 0.134 e. The van der Waals surface area contributed by atoms with Gasteiger partial charge in [0.15, 0.2) is 0 Å². The highest BCUT2D eigenvalue weighted by Gasteiger charge is 2.08. The Hall–Kier alpha value is -1.39. The van der Waals surface area contributed by atoms with Crippen LogP contribution in [0.1, 0.15) is 5.69 Å². The Morgan fingerprint density at radius 1 is 1.40 bits per heavy atom. The quantitative estimate of drug-likeness (QED) is 0.824. The third kappa shape index (κ3) is 2.00. The third-order valence-electron chi connectivity index (χ3n) is 2.06. The predicted molar refractivity (Wildman–Crippen MR) is 56.9 cm³/mol. The number of nitrogens with zero attached hydrogens (tertiary/aromatic N) is 1. The fraction of sp³-hybridized carbons (Fsp3) is 0.100. The number of hydrogen-bond acceptors (Lipinski definition) is 2. The first-order chi connectivity index (χ1) is 7.20. The summed E-state index contributed by atoms with van der Waals surface area (Å²) in [4.78, 5) is 0. The molecule has 3 N–H and O–H groups in total. The van der Waals surface area contributed by atoms with Crippen molar-refractivity contribution in [3.8, 4) is 11.3 Å². The van der Waals surface area contributed by atoms with E-state index in [-0.39, 0.29) is 0 Å². The van der Waals surface area contributed by atoms with Gasteiger partial charge in [-0.15, -0.1) is 0 Å². The molecule has 0 saturated carbocycles. The SMILES string of the molecule is NCc1cc(-c2ccc(Cl)cc2F)n[nH]1. The summed E-state index contributed by atoms with van der Waals surface area (Å²) in [5.41, 5.74) is 7.12. The van der Waals surface area contributed by atoms with Crippen molar-refractivity contribution in [1.82, 2.24) is 10.2 Å². The highest BCUT2D eigenvalue weighted by atomic mass is 35.5. The van der Waals surface area contributed by atoms with E-state index in [1.54, 1.807) is 18.2 Å². The van der Waals surface area contributed by atoms with Crippen LogP contribution < -0.4 is 5.73 Å². The van der Waals surface area contributed by atoms with Crippen molar-refractivity contribution in [2.24, 2.45) is 5.73 Å². The van der Waals surface area contributed by atoms with Gasteiger partial charge in [-0.1, -0.05) is 11.6 Å². The number of aromatic nitrogens is 2. The van der Waals surface area contributed by atoms with Crippen LogP contribution in [0.5, 0.6) is 0 Å². The molecule has 2 aromatic rings. The molecule has 0 aliphatic heterocycles. The van der Waals surface area contributed by atoms with Gasteiger partial charge in [0.05, 0.1) is 5.69 Å². The van der Waals surface area contributed by atoms with Crippen LogP contribution in [0.4, 0.5) is 4.39 Å². The number of H-pyrrole nitrogens is 1. The second kappa shape index (κ2) is 4.00. The highest BCUT2D eigenvalue weighted by molar-refractivity contribution is 6.30. The molecule has 0 atom stereocenters. The number of halogens is 2. The van der Waals surface area contributed by atoms with Crippen molar-refractivity contribution in [2.75, 3.05) is 0 Å². The third-order valence-corrected chi connectivity index (χ3v) is 2.29. The second-order valence-corrected chi connectivity index (χ2v) is 3.54. The van der Waals surface area contributed by atoms with Gasteiger partial charge < -0.3 is 5.73 Å². The van der Waals surface area contributed by atoms with Crippen LogP contribution in [-0.4, -0.2) is 10.2 Å². The van der Waals surface area contributed by atoms with E-state index >= 15 is 0 Å². The summed E-state index contributed by atoms with van der Waals surface area (Å²) in [6, 6.07) is 6.19. The van der Waals surface area contributed by atoms with Gasteiger partial charge in [0.25, 0.3) is 0 Å². The van der Waals surface area contributed by atoms with E-state index in [4.69, 9.17) is 17.3 Å². The van der Waals surface area contributed by atoms with E-state index in [1.165, 1.54) is 6.07 Å². The maximum atomic E-state index is 13.5. The first-order valence-electron chi connectivity index (χ1n) is 4.40. The lowest BCUT2D eigenvalue weighted by molar-refractivity contribution is 0.630. The van der Waals surface area contributed by atoms with Crippen LogP contribution in [0, 0.1) is 5.82 Å². The Bertz CT molecular complexity index is 481. The van der Waals surface area contributed by atoms with Crippen LogP contribution in [-0.2, 0) is 6.54 Å². The van der Waals surface area contributed by atoms with Gasteiger partial charge in [0.2, 0.25) is 0 Å². The fourth-order valence-electron chi connectivity index (χ4n) is 1.30. The van der Waals surface area contributed by atoms with Crippen LogP contribution >= 0.6 is 11.6 Å². The van der Waals surface area contributed by atoms with E-state index in [9.17, 15) is 4.39 Å². The minimum absolute atomic E-state index is 0.349. The molecular formula is C10H9ClFN3. The zero-order valence-electron chi connectivity index (χ0n) is 7.80. The number of hydrogen-bond donors (Lipinski definition) is 2. The topological polar surface area (TPSA) is 54.7 Å². The molecule has 0 spiro atoms. The largest absolute Gasteiger partial charge is 0.325 e. The lowest BCUT2D eigenvalue weighted by atomic mass is 10.1. The van der Waals surface area contributed by atoms with Gasteiger partial charge in [-0.05, 0) is 24.3 Å². The summed E-state index contributed by atoms with van der Waals surface area (Å²) in [6.45, 7) is 0.349. The average Bonchev–Trinajstić information content (AvgIpc) is 2.66. The number of nitrogens with one attached hydrogen (secondary N) is 1. The molecule has 0 amide bonds. The van der Waals surface area contributed by atoms with E-state index in [2.05, 4.69) is 10.2 Å². The number of nitrogens with two attached hydrogens (primary N) is 1. The number of benzene rings is 1. The highest BCUT2D eigenvalue weighted by Crippen LogP contribution is 2.23. The minimum atomic E-state index is -0.391. The molecule has 1 aromatic heterocycles. The molecular weight excluding hydrogens is 217 g/mol. The normalized spacial score (nSPS) is 10.6. The standard InChI is InChI=1S/C10H9ClFN3/c11-6-1-2-8(9(12)3-6)10-4-7(5-13)14-15-10/h1-4H,5,13H2,(H,14,15). The van der Waals surface area contributed by atoms with Gasteiger partial charge in [-0.25, -0.2) is 4.39 Å². The van der Waals surface area contributed by atoms with Gasteiger partial charge in [-0.2, -0.15) is 5.10 Å². The molecule has 1 aromatic carbocycles. The second-order valence-electron chi connectivity index (χ2n) is 3.11. The van der Waals surface area contributed by atoms with Gasteiger partial charge in [0, 0.05) is 22.8 Å². The molecule has 5 heteroatoms. The van der Waals surface area contributed by atoms with Gasteiger partial charge >= 0.3 is 0 Å². The van der Waals surface area contributed by atoms with Crippen molar-refractivity contribution in [3.05, 3.63) is 40.8 Å².